The highest BCUT2D eigenvalue weighted by molar-refractivity contribution is 6.42. The van der Waals surface area contributed by atoms with Crippen LogP contribution >= 0.6 is 23.2 Å². The normalized spacial score (nSPS) is 10.6. The minimum Gasteiger partial charge on any atom is -0.492 e. The third-order valence-corrected chi connectivity index (χ3v) is 3.13. The summed E-state index contributed by atoms with van der Waals surface area (Å²) in [5, 5.41) is 3.86. The highest BCUT2D eigenvalue weighted by Crippen LogP contribution is 2.26. The largest absolute Gasteiger partial charge is 0.492 e. The molecule has 1 heterocycles. The van der Waals surface area contributed by atoms with Gasteiger partial charge in [0.1, 0.15) is 12.4 Å². The number of aromatic amines is 1. The molecule has 0 saturated heterocycles. The number of halogens is 2. The lowest BCUT2D eigenvalue weighted by Gasteiger charge is -2.07. The molecule has 0 saturated carbocycles. The molecule has 0 aliphatic carbocycles. The summed E-state index contributed by atoms with van der Waals surface area (Å²) in [7, 11) is 0. The third-order valence-electron chi connectivity index (χ3n) is 2.39. The number of H-pyrrole nitrogens is 1. The summed E-state index contributed by atoms with van der Waals surface area (Å²) < 4.78 is 6.98. The van der Waals surface area contributed by atoms with Crippen molar-refractivity contribution in [3.05, 3.63) is 50.4 Å². The summed E-state index contributed by atoms with van der Waals surface area (Å²) in [4.78, 5) is 11.4. The molecule has 0 atom stereocenters. The zero-order chi connectivity index (χ0) is 13.1. The Bertz CT molecular complexity index is 604. The fraction of sp³-hybridized carbons (Fsp3) is 0.250. The minimum absolute atomic E-state index is 0.0646. The second-order valence-electron chi connectivity index (χ2n) is 3.85. The lowest BCUT2D eigenvalue weighted by molar-refractivity contribution is 0.289. The summed E-state index contributed by atoms with van der Waals surface area (Å²) in [6.45, 7) is 2.66. The van der Waals surface area contributed by atoms with E-state index < -0.39 is 0 Å². The first-order valence-corrected chi connectivity index (χ1v) is 6.16. The lowest BCUT2D eigenvalue weighted by Crippen LogP contribution is -2.20. The van der Waals surface area contributed by atoms with Crippen LogP contribution in [-0.2, 0) is 6.54 Å². The molecule has 0 aliphatic rings. The first kappa shape index (κ1) is 13.1. The van der Waals surface area contributed by atoms with Gasteiger partial charge in [0.15, 0.2) is 0 Å². The van der Waals surface area contributed by atoms with E-state index in [0.717, 1.165) is 5.69 Å². The van der Waals surface area contributed by atoms with Crippen LogP contribution in [0.5, 0.6) is 5.75 Å². The Balaban J connectivity index is 1.94. The van der Waals surface area contributed by atoms with Gasteiger partial charge in [-0.15, -0.1) is 0 Å². The second kappa shape index (κ2) is 5.50. The molecule has 0 fully saturated rings. The summed E-state index contributed by atoms with van der Waals surface area (Å²) in [6.07, 6.45) is 0. The Hall–Kier alpha value is -1.39. The van der Waals surface area contributed by atoms with Crippen molar-refractivity contribution in [1.82, 2.24) is 9.78 Å². The molecule has 0 unspecified atom stereocenters. The maximum absolute atomic E-state index is 11.4. The summed E-state index contributed by atoms with van der Waals surface area (Å²) >= 11 is 11.7. The first-order valence-electron chi connectivity index (χ1n) is 5.40. The number of hydrogen-bond donors (Lipinski definition) is 1. The van der Waals surface area contributed by atoms with Gasteiger partial charge < -0.3 is 4.74 Å². The molecule has 0 aliphatic heterocycles. The van der Waals surface area contributed by atoms with Crippen molar-refractivity contribution in [1.29, 1.82) is 0 Å². The molecule has 0 radical (unpaired) electrons. The standard InChI is InChI=1S/C12H12Cl2N2O2/c1-8-6-12(17)16(15-8)4-5-18-9-2-3-10(13)11(14)7-9/h2-3,6-7,15H,4-5H2,1H3. The van der Waals surface area contributed by atoms with Gasteiger partial charge in [0, 0.05) is 17.8 Å². The molecule has 0 amide bonds. The molecular weight excluding hydrogens is 275 g/mol. The number of nitrogens with zero attached hydrogens (tertiary/aromatic N) is 1. The fourth-order valence-corrected chi connectivity index (χ4v) is 1.84. The van der Waals surface area contributed by atoms with E-state index in [4.69, 9.17) is 27.9 Å². The van der Waals surface area contributed by atoms with Crippen molar-refractivity contribution in [3.63, 3.8) is 0 Å². The van der Waals surface area contributed by atoms with Crippen LogP contribution in [0.1, 0.15) is 5.69 Å². The average Bonchev–Trinajstić information content (AvgIpc) is 2.63. The number of nitrogens with one attached hydrogen (secondary N) is 1. The van der Waals surface area contributed by atoms with E-state index in [-0.39, 0.29) is 5.56 Å². The zero-order valence-corrected chi connectivity index (χ0v) is 11.3. The van der Waals surface area contributed by atoms with E-state index in [0.29, 0.717) is 28.9 Å². The van der Waals surface area contributed by atoms with Crippen molar-refractivity contribution in [2.45, 2.75) is 13.5 Å². The highest BCUT2D eigenvalue weighted by Gasteiger charge is 2.02. The molecule has 96 valence electrons. The van der Waals surface area contributed by atoms with Crippen molar-refractivity contribution >= 4 is 23.2 Å². The lowest BCUT2D eigenvalue weighted by atomic mass is 10.3. The molecule has 1 aromatic heterocycles. The van der Waals surface area contributed by atoms with Gasteiger partial charge in [-0.2, -0.15) is 0 Å². The van der Waals surface area contributed by atoms with Gasteiger partial charge in [0.05, 0.1) is 16.6 Å². The summed E-state index contributed by atoms with van der Waals surface area (Å²) in [5.41, 5.74) is 0.764. The van der Waals surface area contributed by atoms with Crippen molar-refractivity contribution < 1.29 is 4.74 Å². The third kappa shape index (κ3) is 3.09. The molecule has 18 heavy (non-hydrogen) atoms. The highest BCUT2D eigenvalue weighted by atomic mass is 35.5. The average molecular weight is 287 g/mol. The quantitative estimate of drug-likeness (QED) is 0.940. The van der Waals surface area contributed by atoms with Crippen LogP contribution in [0.2, 0.25) is 10.0 Å². The van der Waals surface area contributed by atoms with E-state index in [9.17, 15) is 4.79 Å². The smallest absolute Gasteiger partial charge is 0.266 e. The molecule has 2 aromatic rings. The van der Waals surface area contributed by atoms with Gasteiger partial charge in [-0.1, -0.05) is 23.2 Å². The van der Waals surface area contributed by atoms with Gasteiger partial charge in [-0.3, -0.25) is 9.89 Å². The number of aryl methyl sites for hydroxylation is 1. The van der Waals surface area contributed by atoms with Crippen LogP contribution in [0, 0.1) is 6.92 Å². The number of hydrogen-bond acceptors (Lipinski definition) is 2. The van der Waals surface area contributed by atoms with E-state index in [1.165, 1.54) is 4.68 Å². The van der Waals surface area contributed by atoms with Crippen LogP contribution in [0.25, 0.3) is 0 Å². The predicted molar refractivity (Wildman–Crippen MR) is 71.7 cm³/mol. The van der Waals surface area contributed by atoms with E-state index in [2.05, 4.69) is 5.10 Å². The van der Waals surface area contributed by atoms with Gasteiger partial charge >= 0.3 is 0 Å². The number of ether oxygens (including phenoxy) is 1. The Morgan fingerprint density at radius 1 is 1.28 bits per heavy atom. The summed E-state index contributed by atoms with van der Waals surface area (Å²) in [5.74, 6) is 0.626. The molecule has 2 rings (SSSR count). The van der Waals surface area contributed by atoms with Gasteiger partial charge in [0.25, 0.3) is 5.56 Å². The number of benzene rings is 1. The van der Waals surface area contributed by atoms with Crippen LogP contribution in [0.4, 0.5) is 0 Å². The Morgan fingerprint density at radius 2 is 2.06 bits per heavy atom. The molecule has 1 aromatic carbocycles. The number of aromatic nitrogens is 2. The molecule has 0 bridgehead atoms. The van der Waals surface area contributed by atoms with Crippen molar-refractivity contribution in [3.8, 4) is 5.75 Å². The Morgan fingerprint density at radius 3 is 2.67 bits per heavy atom. The predicted octanol–water partition coefficient (Wildman–Crippen LogP) is 2.87. The first-order chi connectivity index (χ1) is 8.56. The molecular formula is C12H12Cl2N2O2. The van der Waals surface area contributed by atoms with E-state index >= 15 is 0 Å². The fourth-order valence-electron chi connectivity index (χ4n) is 1.55. The Kier molecular flexibility index (Phi) is 3.99. The molecule has 1 N–H and O–H groups in total. The van der Waals surface area contributed by atoms with E-state index in [1.54, 1.807) is 24.3 Å². The Labute approximate surface area is 114 Å². The van der Waals surface area contributed by atoms with Crippen LogP contribution < -0.4 is 10.3 Å². The maximum atomic E-state index is 11.4. The summed E-state index contributed by atoms with van der Waals surface area (Å²) in [6, 6.07) is 6.59. The molecule has 6 heteroatoms. The van der Waals surface area contributed by atoms with Gasteiger partial charge in [-0.25, -0.2) is 4.68 Å². The van der Waals surface area contributed by atoms with Gasteiger partial charge in [0.2, 0.25) is 0 Å². The number of rotatable bonds is 4. The van der Waals surface area contributed by atoms with Crippen LogP contribution in [0.15, 0.2) is 29.1 Å². The van der Waals surface area contributed by atoms with E-state index in [1.807, 2.05) is 6.92 Å². The van der Waals surface area contributed by atoms with Crippen LogP contribution in [-0.4, -0.2) is 16.4 Å². The zero-order valence-electron chi connectivity index (χ0n) is 9.74. The van der Waals surface area contributed by atoms with Crippen molar-refractivity contribution in [2.75, 3.05) is 6.61 Å². The van der Waals surface area contributed by atoms with Crippen molar-refractivity contribution in [2.24, 2.45) is 0 Å². The SMILES string of the molecule is Cc1cc(=O)n(CCOc2ccc(Cl)c(Cl)c2)[nH]1. The monoisotopic (exact) mass is 286 g/mol. The molecule has 0 spiro atoms. The van der Waals surface area contributed by atoms with Gasteiger partial charge in [-0.05, 0) is 19.1 Å². The second-order valence-corrected chi connectivity index (χ2v) is 4.67. The minimum atomic E-state index is -0.0646. The van der Waals surface area contributed by atoms with Crippen LogP contribution in [0.3, 0.4) is 0 Å². The topological polar surface area (TPSA) is 47.0 Å². The maximum Gasteiger partial charge on any atom is 0.266 e. The molecule has 4 nitrogen and oxygen atoms in total.